The molecule has 1 aliphatic carbocycles. The van der Waals surface area contributed by atoms with Crippen molar-refractivity contribution >= 4 is 29.2 Å². The summed E-state index contributed by atoms with van der Waals surface area (Å²) in [7, 11) is 0. The van der Waals surface area contributed by atoms with Crippen molar-refractivity contribution in [2.45, 2.75) is 26.2 Å². The number of carboxylic acid groups (broad SMARTS) is 1. The zero-order valence-electron chi connectivity index (χ0n) is 11.1. The number of benzene rings is 1. The average molecular weight is 298 g/mol. The number of carboxylic acids is 1. The summed E-state index contributed by atoms with van der Waals surface area (Å²) < 4.78 is 5.01. The van der Waals surface area contributed by atoms with Crippen LogP contribution in [0.15, 0.2) is 18.2 Å². The van der Waals surface area contributed by atoms with Gasteiger partial charge in [-0.1, -0.05) is 18.5 Å². The van der Waals surface area contributed by atoms with E-state index in [1.807, 2.05) is 6.92 Å². The van der Waals surface area contributed by atoms with Crippen LogP contribution in [0.25, 0.3) is 0 Å². The van der Waals surface area contributed by atoms with E-state index in [1.54, 1.807) is 18.2 Å². The van der Waals surface area contributed by atoms with Gasteiger partial charge >= 0.3 is 5.97 Å². The third-order valence-corrected chi connectivity index (χ3v) is 3.85. The number of nitrogens with one attached hydrogen (secondary N) is 1. The highest BCUT2D eigenvalue weighted by Crippen LogP contribution is 2.49. The predicted octanol–water partition coefficient (Wildman–Crippen LogP) is 2.93. The number of hydrogen-bond donors (Lipinski definition) is 2. The van der Waals surface area contributed by atoms with E-state index >= 15 is 0 Å². The second-order valence-corrected chi connectivity index (χ2v) is 5.32. The summed E-state index contributed by atoms with van der Waals surface area (Å²) in [5.41, 5.74) is 0.368. The molecule has 0 spiro atoms. The molecule has 1 amide bonds. The van der Waals surface area contributed by atoms with Crippen LogP contribution in [-0.2, 0) is 9.59 Å². The summed E-state index contributed by atoms with van der Waals surface area (Å²) in [6.45, 7) is 1.55. The fourth-order valence-electron chi connectivity index (χ4n) is 1.99. The Labute approximate surface area is 121 Å². The molecule has 108 valence electrons. The Kier molecular flexibility index (Phi) is 4.18. The number of carbonyl (C=O) groups is 2. The van der Waals surface area contributed by atoms with Crippen molar-refractivity contribution in [2.24, 2.45) is 5.41 Å². The maximum Gasteiger partial charge on any atom is 0.341 e. The van der Waals surface area contributed by atoms with Gasteiger partial charge in [0.15, 0.2) is 6.61 Å². The monoisotopic (exact) mass is 297 g/mol. The van der Waals surface area contributed by atoms with Gasteiger partial charge < -0.3 is 15.2 Å². The van der Waals surface area contributed by atoms with Crippen LogP contribution in [0.3, 0.4) is 0 Å². The lowest BCUT2D eigenvalue weighted by Gasteiger charge is -2.14. The summed E-state index contributed by atoms with van der Waals surface area (Å²) >= 11 is 5.99. The van der Waals surface area contributed by atoms with Gasteiger partial charge in [-0.05, 0) is 37.5 Å². The number of aliphatic carboxylic acids is 1. The van der Waals surface area contributed by atoms with Crippen molar-refractivity contribution in [2.75, 3.05) is 11.9 Å². The van der Waals surface area contributed by atoms with Crippen LogP contribution in [0, 0.1) is 5.41 Å². The SMILES string of the molecule is CCC1(C(=O)Nc2ccc(OCC(=O)O)c(Cl)c2)CC1. The predicted molar refractivity (Wildman–Crippen MR) is 75.2 cm³/mol. The van der Waals surface area contributed by atoms with E-state index in [1.165, 1.54) is 0 Å². The van der Waals surface area contributed by atoms with Crippen LogP contribution in [0.1, 0.15) is 26.2 Å². The van der Waals surface area contributed by atoms with E-state index in [2.05, 4.69) is 5.32 Å². The molecule has 1 aromatic rings. The van der Waals surface area contributed by atoms with Crippen molar-refractivity contribution in [1.82, 2.24) is 0 Å². The number of carbonyl (C=O) groups excluding carboxylic acids is 1. The lowest BCUT2D eigenvalue weighted by Crippen LogP contribution is -2.23. The first-order chi connectivity index (χ1) is 9.47. The van der Waals surface area contributed by atoms with Crippen LogP contribution in [0.2, 0.25) is 5.02 Å². The minimum absolute atomic E-state index is 0.00951. The van der Waals surface area contributed by atoms with Gasteiger partial charge in [-0.25, -0.2) is 4.79 Å². The molecule has 1 saturated carbocycles. The molecule has 0 aliphatic heterocycles. The highest BCUT2D eigenvalue weighted by Gasteiger charge is 2.47. The Morgan fingerprint density at radius 1 is 1.45 bits per heavy atom. The summed E-state index contributed by atoms with van der Waals surface area (Å²) in [5.74, 6) is -0.781. The van der Waals surface area contributed by atoms with Gasteiger partial charge in [0.25, 0.3) is 0 Å². The van der Waals surface area contributed by atoms with E-state index in [4.69, 9.17) is 21.4 Å². The summed E-state index contributed by atoms with van der Waals surface area (Å²) in [6, 6.07) is 4.75. The topological polar surface area (TPSA) is 75.6 Å². The summed E-state index contributed by atoms with van der Waals surface area (Å²) in [5, 5.41) is 11.6. The average Bonchev–Trinajstić information content (AvgIpc) is 3.18. The number of rotatable bonds is 6. The van der Waals surface area contributed by atoms with Crippen molar-refractivity contribution in [1.29, 1.82) is 0 Å². The molecule has 0 radical (unpaired) electrons. The zero-order valence-corrected chi connectivity index (χ0v) is 11.9. The lowest BCUT2D eigenvalue weighted by atomic mass is 10.0. The van der Waals surface area contributed by atoms with E-state index in [0.29, 0.717) is 5.69 Å². The molecule has 1 aliphatic rings. The molecule has 0 aromatic heterocycles. The Morgan fingerprint density at radius 3 is 2.65 bits per heavy atom. The number of hydrogen-bond acceptors (Lipinski definition) is 3. The molecule has 1 fully saturated rings. The van der Waals surface area contributed by atoms with E-state index in [0.717, 1.165) is 19.3 Å². The highest BCUT2D eigenvalue weighted by atomic mass is 35.5. The summed E-state index contributed by atoms with van der Waals surface area (Å²) in [4.78, 5) is 22.5. The van der Waals surface area contributed by atoms with Gasteiger partial charge in [-0.3, -0.25) is 4.79 Å². The lowest BCUT2D eigenvalue weighted by molar-refractivity contribution is -0.139. The van der Waals surface area contributed by atoms with Crippen molar-refractivity contribution in [3.63, 3.8) is 0 Å². The number of ether oxygens (including phenoxy) is 1. The standard InChI is InChI=1S/C14H16ClNO4/c1-2-14(5-6-14)13(19)16-9-3-4-11(10(15)7-9)20-8-12(17)18/h3-4,7H,2,5-6,8H2,1H3,(H,16,19)(H,17,18). The van der Waals surface area contributed by atoms with Gasteiger partial charge in [0.2, 0.25) is 5.91 Å². The van der Waals surface area contributed by atoms with Crippen molar-refractivity contribution in [3.8, 4) is 5.75 Å². The van der Waals surface area contributed by atoms with Crippen LogP contribution >= 0.6 is 11.6 Å². The first-order valence-corrected chi connectivity index (χ1v) is 6.80. The third-order valence-electron chi connectivity index (χ3n) is 3.55. The van der Waals surface area contributed by atoms with Gasteiger partial charge in [-0.2, -0.15) is 0 Å². The van der Waals surface area contributed by atoms with Crippen molar-refractivity contribution < 1.29 is 19.4 Å². The second-order valence-electron chi connectivity index (χ2n) is 4.92. The maximum absolute atomic E-state index is 12.1. The molecule has 0 unspecified atom stereocenters. The number of halogens is 1. The van der Waals surface area contributed by atoms with Crippen LogP contribution in [-0.4, -0.2) is 23.6 Å². The first-order valence-electron chi connectivity index (χ1n) is 6.42. The van der Waals surface area contributed by atoms with Gasteiger partial charge in [0.1, 0.15) is 5.75 Å². The fourth-order valence-corrected chi connectivity index (χ4v) is 2.23. The molecular formula is C14H16ClNO4. The first kappa shape index (κ1) is 14.7. The molecule has 0 bridgehead atoms. The second kappa shape index (κ2) is 5.71. The molecule has 2 rings (SSSR count). The Morgan fingerprint density at radius 2 is 2.15 bits per heavy atom. The fraction of sp³-hybridized carbons (Fsp3) is 0.429. The van der Waals surface area contributed by atoms with Crippen molar-refractivity contribution in [3.05, 3.63) is 23.2 Å². The highest BCUT2D eigenvalue weighted by molar-refractivity contribution is 6.32. The van der Waals surface area contributed by atoms with Gasteiger partial charge in [0.05, 0.1) is 5.02 Å². The molecule has 20 heavy (non-hydrogen) atoms. The smallest absolute Gasteiger partial charge is 0.341 e. The zero-order chi connectivity index (χ0) is 14.8. The molecule has 6 heteroatoms. The summed E-state index contributed by atoms with van der Waals surface area (Å²) in [6.07, 6.45) is 2.66. The van der Waals surface area contributed by atoms with E-state index < -0.39 is 12.6 Å². The van der Waals surface area contributed by atoms with E-state index in [-0.39, 0.29) is 22.1 Å². The third kappa shape index (κ3) is 3.22. The molecule has 0 atom stereocenters. The minimum Gasteiger partial charge on any atom is -0.480 e. The quantitative estimate of drug-likeness (QED) is 0.846. The Hall–Kier alpha value is -1.75. The molecule has 1 aromatic carbocycles. The van der Waals surface area contributed by atoms with Crippen LogP contribution < -0.4 is 10.1 Å². The normalized spacial score (nSPS) is 15.5. The Bertz CT molecular complexity index is 540. The molecule has 0 saturated heterocycles. The van der Waals surface area contributed by atoms with Crippen LogP contribution in [0.5, 0.6) is 5.75 Å². The molecule has 5 nitrogen and oxygen atoms in total. The molecular weight excluding hydrogens is 282 g/mol. The Balaban J connectivity index is 2.02. The molecule has 0 heterocycles. The largest absolute Gasteiger partial charge is 0.480 e. The number of amides is 1. The van der Waals surface area contributed by atoms with Crippen LogP contribution in [0.4, 0.5) is 5.69 Å². The maximum atomic E-state index is 12.1. The minimum atomic E-state index is -1.07. The van der Waals surface area contributed by atoms with Gasteiger partial charge in [0, 0.05) is 11.1 Å². The number of anilines is 1. The van der Waals surface area contributed by atoms with E-state index in [9.17, 15) is 9.59 Å². The van der Waals surface area contributed by atoms with Gasteiger partial charge in [-0.15, -0.1) is 0 Å². The molecule has 2 N–H and O–H groups in total.